The van der Waals surface area contributed by atoms with Gasteiger partial charge in [-0.05, 0) is 30.3 Å². The van der Waals surface area contributed by atoms with E-state index < -0.39 is 0 Å². The van der Waals surface area contributed by atoms with Gasteiger partial charge in [-0.2, -0.15) is 0 Å². The molecule has 0 spiro atoms. The zero-order valence-corrected chi connectivity index (χ0v) is 8.81. The number of anilines is 1. The molecule has 0 unspecified atom stereocenters. The minimum Gasteiger partial charge on any atom is -0.397 e. The lowest BCUT2D eigenvalue weighted by molar-refractivity contribution is 0.629. The molecule has 0 atom stereocenters. The molecule has 17 heavy (non-hydrogen) atoms. The van der Waals surface area contributed by atoms with Crippen LogP contribution in [0.5, 0.6) is 0 Å². The molecule has 3 N–H and O–H groups in total. The summed E-state index contributed by atoms with van der Waals surface area (Å²) in [6, 6.07) is 7.92. The lowest BCUT2D eigenvalue weighted by Crippen LogP contribution is -1.89. The van der Waals surface area contributed by atoms with Gasteiger partial charge in [-0.1, -0.05) is 0 Å². The minimum atomic E-state index is -0.294. The van der Waals surface area contributed by atoms with Crippen molar-refractivity contribution >= 4 is 16.7 Å². The van der Waals surface area contributed by atoms with Crippen LogP contribution < -0.4 is 5.73 Å². The average Bonchev–Trinajstić information content (AvgIpc) is 2.72. The third kappa shape index (κ3) is 1.71. The molecule has 2 heterocycles. The predicted octanol–water partition coefficient (Wildman–Crippen LogP) is 2.35. The van der Waals surface area contributed by atoms with Crippen molar-refractivity contribution in [3.63, 3.8) is 0 Å². The largest absolute Gasteiger partial charge is 0.397 e. The van der Waals surface area contributed by atoms with Crippen molar-refractivity contribution in [1.82, 2.24) is 15.0 Å². The molecule has 0 saturated carbocycles. The standard InChI is InChI=1S/C12H9FN4/c13-7-1-3-9-11(5-7)17-12(16-9)10-4-2-8(14)6-15-10/h1-6H,14H2,(H,16,17). The summed E-state index contributed by atoms with van der Waals surface area (Å²) < 4.78 is 13.0. The summed E-state index contributed by atoms with van der Waals surface area (Å²) >= 11 is 0. The number of nitrogen functional groups attached to an aromatic ring is 1. The van der Waals surface area contributed by atoms with Gasteiger partial charge < -0.3 is 10.7 Å². The number of rotatable bonds is 1. The molecule has 3 rings (SSSR count). The first kappa shape index (κ1) is 9.77. The Bertz CT molecular complexity index is 673. The second kappa shape index (κ2) is 3.55. The van der Waals surface area contributed by atoms with Gasteiger partial charge in [0.15, 0.2) is 5.82 Å². The summed E-state index contributed by atoms with van der Waals surface area (Å²) in [5.41, 5.74) is 8.19. The van der Waals surface area contributed by atoms with E-state index in [0.717, 1.165) is 0 Å². The highest BCUT2D eigenvalue weighted by atomic mass is 19.1. The number of fused-ring (bicyclic) bond motifs is 1. The Kier molecular flexibility index (Phi) is 2.04. The van der Waals surface area contributed by atoms with Crippen molar-refractivity contribution in [2.75, 3.05) is 5.73 Å². The number of nitrogens with zero attached hydrogens (tertiary/aromatic N) is 2. The van der Waals surface area contributed by atoms with Crippen LogP contribution in [-0.4, -0.2) is 15.0 Å². The average molecular weight is 228 g/mol. The van der Waals surface area contributed by atoms with E-state index in [1.807, 2.05) is 0 Å². The van der Waals surface area contributed by atoms with Gasteiger partial charge in [0.1, 0.15) is 11.5 Å². The van der Waals surface area contributed by atoms with Crippen LogP contribution in [0.15, 0.2) is 36.5 Å². The van der Waals surface area contributed by atoms with E-state index in [1.54, 1.807) is 24.4 Å². The molecule has 0 amide bonds. The van der Waals surface area contributed by atoms with Crippen molar-refractivity contribution in [3.8, 4) is 11.5 Å². The smallest absolute Gasteiger partial charge is 0.157 e. The zero-order chi connectivity index (χ0) is 11.8. The number of halogens is 1. The molecule has 84 valence electrons. The number of imidazole rings is 1. The predicted molar refractivity (Wildman–Crippen MR) is 63.7 cm³/mol. The van der Waals surface area contributed by atoms with Crippen molar-refractivity contribution in [3.05, 3.63) is 42.3 Å². The van der Waals surface area contributed by atoms with Crippen molar-refractivity contribution in [2.45, 2.75) is 0 Å². The van der Waals surface area contributed by atoms with Gasteiger partial charge in [-0.15, -0.1) is 0 Å². The van der Waals surface area contributed by atoms with Gasteiger partial charge in [-0.25, -0.2) is 9.37 Å². The molecule has 0 aliphatic rings. The topological polar surface area (TPSA) is 67.6 Å². The second-order valence-electron chi connectivity index (χ2n) is 3.72. The first-order valence-electron chi connectivity index (χ1n) is 5.09. The third-order valence-corrected chi connectivity index (χ3v) is 2.47. The van der Waals surface area contributed by atoms with Gasteiger partial charge in [0, 0.05) is 0 Å². The Morgan fingerprint density at radius 1 is 1.18 bits per heavy atom. The maximum atomic E-state index is 13.0. The molecule has 0 bridgehead atoms. The fraction of sp³-hybridized carbons (Fsp3) is 0. The Morgan fingerprint density at radius 3 is 2.82 bits per heavy atom. The molecule has 4 nitrogen and oxygen atoms in total. The fourth-order valence-electron chi connectivity index (χ4n) is 1.65. The quantitative estimate of drug-likeness (QED) is 0.671. The number of nitrogens with two attached hydrogens (primary N) is 1. The van der Waals surface area contributed by atoms with E-state index in [9.17, 15) is 4.39 Å². The number of aromatic nitrogens is 3. The Hall–Kier alpha value is -2.43. The Morgan fingerprint density at radius 2 is 2.06 bits per heavy atom. The molecular weight excluding hydrogens is 219 g/mol. The Balaban J connectivity index is 2.14. The van der Waals surface area contributed by atoms with Crippen LogP contribution in [-0.2, 0) is 0 Å². The van der Waals surface area contributed by atoms with Gasteiger partial charge in [0.25, 0.3) is 0 Å². The second-order valence-corrected chi connectivity index (χ2v) is 3.72. The third-order valence-electron chi connectivity index (χ3n) is 2.47. The maximum absolute atomic E-state index is 13.0. The van der Waals surface area contributed by atoms with E-state index in [2.05, 4.69) is 15.0 Å². The Labute approximate surface area is 96.3 Å². The number of aromatic amines is 1. The monoisotopic (exact) mass is 228 g/mol. The molecule has 0 radical (unpaired) electrons. The normalized spacial score (nSPS) is 10.9. The van der Waals surface area contributed by atoms with Crippen LogP contribution in [0.3, 0.4) is 0 Å². The molecule has 3 aromatic rings. The summed E-state index contributed by atoms with van der Waals surface area (Å²) in [5.74, 6) is 0.309. The molecule has 0 fully saturated rings. The van der Waals surface area contributed by atoms with Crippen LogP contribution in [0, 0.1) is 5.82 Å². The SMILES string of the molecule is Nc1ccc(-c2nc3ccc(F)cc3[nH]2)nc1. The maximum Gasteiger partial charge on any atom is 0.157 e. The number of hydrogen-bond acceptors (Lipinski definition) is 3. The highest BCUT2D eigenvalue weighted by Gasteiger charge is 2.06. The van der Waals surface area contributed by atoms with Crippen LogP contribution in [0.4, 0.5) is 10.1 Å². The number of pyridine rings is 1. The minimum absolute atomic E-state index is 0.294. The highest BCUT2D eigenvalue weighted by Crippen LogP contribution is 2.19. The lowest BCUT2D eigenvalue weighted by Gasteiger charge is -1.95. The molecule has 0 aliphatic heterocycles. The van der Waals surface area contributed by atoms with E-state index in [1.165, 1.54) is 12.1 Å². The first-order valence-corrected chi connectivity index (χ1v) is 5.09. The van der Waals surface area contributed by atoms with Crippen molar-refractivity contribution in [1.29, 1.82) is 0 Å². The molecule has 2 aromatic heterocycles. The van der Waals surface area contributed by atoms with E-state index >= 15 is 0 Å². The highest BCUT2D eigenvalue weighted by molar-refractivity contribution is 5.78. The lowest BCUT2D eigenvalue weighted by atomic mass is 10.3. The number of hydrogen-bond donors (Lipinski definition) is 2. The summed E-state index contributed by atoms with van der Waals surface area (Å²) in [4.78, 5) is 11.5. The molecule has 0 saturated heterocycles. The van der Waals surface area contributed by atoms with E-state index in [0.29, 0.717) is 28.2 Å². The van der Waals surface area contributed by atoms with Crippen molar-refractivity contribution in [2.24, 2.45) is 0 Å². The van der Waals surface area contributed by atoms with Crippen LogP contribution in [0.25, 0.3) is 22.6 Å². The van der Waals surface area contributed by atoms with Crippen LogP contribution in [0.2, 0.25) is 0 Å². The molecule has 5 heteroatoms. The summed E-state index contributed by atoms with van der Waals surface area (Å²) in [6.07, 6.45) is 1.56. The van der Waals surface area contributed by atoms with Gasteiger partial charge in [-0.3, -0.25) is 4.98 Å². The van der Waals surface area contributed by atoms with E-state index in [-0.39, 0.29) is 5.82 Å². The number of nitrogens with one attached hydrogen (secondary N) is 1. The summed E-state index contributed by atoms with van der Waals surface area (Å²) in [7, 11) is 0. The molecule has 0 aliphatic carbocycles. The number of H-pyrrole nitrogens is 1. The van der Waals surface area contributed by atoms with Crippen LogP contribution >= 0.6 is 0 Å². The summed E-state index contributed by atoms with van der Waals surface area (Å²) in [5, 5.41) is 0. The molecular formula is C12H9FN4. The first-order chi connectivity index (χ1) is 8.22. The fourth-order valence-corrected chi connectivity index (χ4v) is 1.65. The van der Waals surface area contributed by atoms with Gasteiger partial charge in [0.2, 0.25) is 0 Å². The number of benzene rings is 1. The van der Waals surface area contributed by atoms with E-state index in [4.69, 9.17) is 5.73 Å². The summed E-state index contributed by atoms with van der Waals surface area (Å²) in [6.45, 7) is 0. The van der Waals surface area contributed by atoms with Gasteiger partial charge >= 0.3 is 0 Å². The zero-order valence-electron chi connectivity index (χ0n) is 8.81. The van der Waals surface area contributed by atoms with Crippen molar-refractivity contribution < 1.29 is 4.39 Å². The van der Waals surface area contributed by atoms with Gasteiger partial charge in [0.05, 0.1) is 22.9 Å². The molecule has 1 aromatic carbocycles. The van der Waals surface area contributed by atoms with Crippen LogP contribution in [0.1, 0.15) is 0 Å².